The van der Waals surface area contributed by atoms with E-state index in [1.165, 1.54) is 0 Å². The van der Waals surface area contributed by atoms with Crippen LogP contribution in [0.15, 0.2) is 72.8 Å². The molecule has 0 bridgehead atoms. The SMILES string of the molecule is CCC(=O)c1cccc(-c2ccccc2Nc2ccc(OC)cc2)c1. The fourth-order valence-corrected chi connectivity index (χ4v) is 2.74. The quantitative estimate of drug-likeness (QED) is 0.589. The van der Waals surface area contributed by atoms with Crippen LogP contribution in [0.5, 0.6) is 5.75 Å². The van der Waals surface area contributed by atoms with Gasteiger partial charge in [-0.1, -0.05) is 43.3 Å². The van der Waals surface area contributed by atoms with Gasteiger partial charge in [0.15, 0.2) is 5.78 Å². The van der Waals surface area contributed by atoms with Crippen molar-refractivity contribution >= 4 is 17.2 Å². The zero-order valence-electron chi connectivity index (χ0n) is 14.5. The van der Waals surface area contributed by atoms with E-state index >= 15 is 0 Å². The average molecular weight is 331 g/mol. The Morgan fingerprint density at radius 2 is 1.72 bits per heavy atom. The maximum atomic E-state index is 12.0. The predicted molar refractivity (Wildman–Crippen MR) is 103 cm³/mol. The monoisotopic (exact) mass is 331 g/mol. The number of para-hydroxylation sites is 1. The molecule has 0 aliphatic heterocycles. The summed E-state index contributed by atoms with van der Waals surface area (Å²) in [6, 6.07) is 23.7. The Hall–Kier alpha value is -3.07. The third kappa shape index (κ3) is 3.89. The topological polar surface area (TPSA) is 38.3 Å². The highest BCUT2D eigenvalue weighted by atomic mass is 16.5. The van der Waals surface area contributed by atoms with Crippen molar-refractivity contribution < 1.29 is 9.53 Å². The summed E-state index contributed by atoms with van der Waals surface area (Å²) in [4.78, 5) is 12.0. The lowest BCUT2D eigenvalue weighted by Gasteiger charge is -2.13. The highest BCUT2D eigenvalue weighted by Crippen LogP contribution is 2.31. The first-order valence-electron chi connectivity index (χ1n) is 8.35. The molecule has 0 aromatic heterocycles. The second-order valence-corrected chi connectivity index (χ2v) is 5.76. The summed E-state index contributed by atoms with van der Waals surface area (Å²) in [5, 5.41) is 3.44. The van der Waals surface area contributed by atoms with Gasteiger partial charge in [0.2, 0.25) is 0 Å². The van der Waals surface area contributed by atoms with Crippen LogP contribution in [0.25, 0.3) is 11.1 Å². The molecule has 0 fully saturated rings. The number of benzene rings is 3. The Morgan fingerprint density at radius 1 is 0.960 bits per heavy atom. The summed E-state index contributed by atoms with van der Waals surface area (Å²) in [6.07, 6.45) is 0.509. The molecule has 0 heterocycles. The molecular formula is C22H21NO2. The van der Waals surface area contributed by atoms with Crippen LogP contribution in [0, 0.1) is 0 Å². The Labute approximate surface area is 148 Å². The molecule has 0 amide bonds. The van der Waals surface area contributed by atoms with Gasteiger partial charge in [-0.05, 0) is 42.0 Å². The predicted octanol–water partition coefficient (Wildman–Crippen LogP) is 5.70. The van der Waals surface area contributed by atoms with E-state index in [2.05, 4.69) is 11.4 Å². The molecule has 0 saturated heterocycles. The lowest BCUT2D eigenvalue weighted by molar-refractivity contribution is 0.0988. The molecular weight excluding hydrogens is 310 g/mol. The van der Waals surface area contributed by atoms with Crippen molar-refractivity contribution in [2.75, 3.05) is 12.4 Å². The molecule has 0 atom stereocenters. The average Bonchev–Trinajstić information content (AvgIpc) is 2.68. The van der Waals surface area contributed by atoms with Gasteiger partial charge in [0.25, 0.3) is 0 Å². The number of rotatable bonds is 6. The van der Waals surface area contributed by atoms with Gasteiger partial charge in [0.05, 0.1) is 7.11 Å². The smallest absolute Gasteiger partial charge is 0.162 e. The zero-order valence-corrected chi connectivity index (χ0v) is 14.5. The van der Waals surface area contributed by atoms with Crippen molar-refractivity contribution in [3.8, 4) is 16.9 Å². The number of carbonyl (C=O) groups excluding carboxylic acids is 1. The molecule has 3 nitrogen and oxygen atoms in total. The lowest BCUT2D eigenvalue weighted by Crippen LogP contribution is -1.97. The Bertz CT molecular complexity index is 869. The summed E-state index contributed by atoms with van der Waals surface area (Å²) in [5.74, 6) is 0.979. The van der Waals surface area contributed by atoms with Crippen molar-refractivity contribution in [1.82, 2.24) is 0 Å². The molecule has 0 unspecified atom stereocenters. The number of hydrogen-bond donors (Lipinski definition) is 1. The van der Waals surface area contributed by atoms with Gasteiger partial charge in [-0.2, -0.15) is 0 Å². The molecule has 25 heavy (non-hydrogen) atoms. The summed E-state index contributed by atoms with van der Waals surface area (Å²) in [5.41, 5.74) is 4.81. The van der Waals surface area contributed by atoms with Gasteiger partial charge in [-0.25, -0.2) is 0 Å². The fourth-order valence-electron chi connectivity index (χ4n) is 2.74. The summed E-state index contributed by atoms with van der Waals surface area (Å²) in [6.45, 7) is 1.88. The Balaban J connectivity index is 1.94. The number of hydrogen-bond acceptors (Lipinski definition) is 3. The molecule has 0 saturated carbocycles. The number of nitrogens with one attached hydrogen (secondary N) is 1. The number of ketones is 1. The number of methoxy groups -OCH3 is 1. The molecule has 0 aliphatic carbocycles. The van der Waals surface area contributed by atoms with E-state index in [9.17, 15) is 4.79 Å². The van der Waals surface area contributed by atoms with Gasteiger partial charge in [-0.3, -0.25) is 4.79 Å². The van der Waals surface area contributed by atoms with E-state index in [-0.39, 0.29) is 5.78 Å². The van der Waals surface area contributed by atoms with Crippen LogP contribution in [0.2, 0.25) is 0 Å². The zero-order chi connectivity index (χ0) is 17.6. The highest BCUT2D eigenvalue weighted by molar-refractivity contribution is 5.97. The van der Waals surface area contributed by atoms with Crippen molar-refractivity contribution in [1.29, 1.82) is 0 Å². The van der Waals surface area contributed by atoms with E-state index < -0.39 is 0 Å². The molecule has 3 heteroatoms. The van der Waals surface area contributed by atoms with Crippen molar-refractivity contribution in [3.63, 3.8) is 0 Å². The van der Waals surface area contributed by atoms with E-state index in [1.54, 1.807) is 7.11 Å². The van der Waals surface area contributed by atoms with Gasteiger partial charge in [0, 0.05) is 28.9 Å². The first kappa shape index (κ1) is 16.8. The van der Waals surface area contributed by atoms with E-state index in [0.717, 1.165) is 33.8 Å². The molecule has 3 rings (SSSR count). The van der Waals surface area contributed by atoms with Gasteiger partial charge >= 0.3 is 0 Å². The first-order valence-corrected chi connectivity index (χ1v) is 8.35. The van der Waals surface area contributed by atoms with Gasteiger partial charge in [-0.15, -0.1) is 0 Å². The number of Topliss-reactive ketones (excluding diaryl/α,β-unsaturated/α-hetero) is 1. The van der Waals surface area contributed by atoms with E-state index in [1.807, 2.05) is 73.7 Å². The normalized spacial score (nSPS) is 10.3. The molecule has 0 radical (unpaired) electrons. The van der Waals surface area contributed by atoms with Crippen LogP contribution in [0.1, 0.15) is 23.7 Å². The van der Waals surface area contributed by atoms with Crippen LogP contribution < -0.4 is 10.1 Å². The molecule has 126 valence electrons. The lowest BCUT2D eigenvalue weighted by atomic mass is 9.99. The second kappa shape index (κ2) is 7.67. The maximum Gasteiger partial charge on any atom is 0.162 e. The van der Waals surface area contributed by atoms with Gasteiger partial charge < -0.3 is 10.1 Å². The van der Waals surface area contributed by atoms with Crippen LogP contribution in [0.3, 0.4) is 0 Å². The first-order chi connectivity index (χ1) is 12.2. The minimum Gasteiger partial charge on any atom is -0.497 e. The summed E-state index contributed by atoms with van der Waals surface area (Å²) in [7, 11) is 1.66. The molecule has 0 spiro atoms. The van der Waals surface area contributed by atoms with Crippen LogP contribution in [-0.4, -0.2) is 12.9 Å². The number of carbonyl (C=O) groups is 1. The Kier molecular flexibility index (Phi) is 5.14. The minimum absolute atomic E-state index is 0.155. The molecule has 3 aromatic rings. The van der Waals surface area contributed by atoms with Crippen molar-refractivity contribution in [2.24, 2.45) is 0 Å². The molecule has 1 N–H and O–H groups in total. The van der Waals surface area contributed by atoms with Crippen molar-refractivity contribution in [3.05, 3.63) is 78.4 Å². The van der Waals surface area contributed by atoms with E-state index in [4.69, 9.17) is 4.74 Å². The second-order valence-electron chi connectivity index (χ2n) is 5.76. The maximum absolute atomic E-state index is 12.0. The largest absolute Gasteiger partial charge is 0.497 e. The molecule has 3 aromatic carbocycles. The van der Waals surface area contributed by atoms with E-state index in [0.29, 0.717) is 6.42 Å². The van der Waals surface area contributed by atoms with Crippen molar-refractivity contribution in [2.45, 2.75) is 13.3 Å². The van der Waals surface area contributed by atoms with Gasteiger partial charge in [0.1, 0.15) is 5.75 Å². The third-order valence-corrected chi connectivity index (χ3v) is 4.11. The summed E-state index contributed by atoms with van der Waals surface area (Å²) < 4.78 is 5.20. The standard InChI is InChI=1S/C22H21NO2/c1-3-22(24)17-8-6-7-16(15-17)20-9-4-5-10-21(20)23-18-11-13-19(25-2)14-12-18/h4-15,23H,3H2,1-2H3. The van der Waals surface area contributed by atoms with Crippen LogP contribution >= 0.6 is 0 Å². The number of anilines is 2. The molecule has 0 aliphatic rings. The highest BCUT2D eigenvalue weighted by Gasteiger charge is 2.08. The fraction of sp³-hybridized carbons (Fsp3) is 0.136. The minimum atomic E-state index is 0.155. The van der Waals surface area contributed by atoms with Crippen LogP contribution in [0.4, 0.5) is 11.4 Å². The summed E-state index contributed by atoms with van der Waals surface area (Å²) >= 11 is 0. The van der Waals surface area contributed by atoms with Crippen LogP contribution in [-0.2, 0) is 0 Å². The third-order valence-electron chi connectivity index (χ3n) is 4.11. The number of ether oxygens (including phenoxy) is 1. The Morgan fingerprint density at radius 3 is 2.44 bits per heavy atom.